The van der Waals surface area contributed by atoms with Crippen LogP contribution in [0.4, 0.5) is 0 Å². The van der Waals surface area contributed by atoms with E-state index in [1.165, 1.54) is 12.0 Å². The van der Waals surface area contributed by atoms with Crippen molar-refractivity contribution in [3.63, 3.8) is 0 Å². The van der Waals surface area contributed by atoms with Gasteiger partial charge in [-0.05, 0) is 25.5 Å². The number of aromatic nitrogens is 2. The van der Waals surface area contributed by atoms with Crippen LogP contribution in [0.3, 0.4) is 0 Å². The van der Waals surface area contributed by atoms with E-state index >= 15 is 0 Å². The number of imidazole rings is 1. The molecular formula is C26H27N3O5. The Bertz CT molecular complexity index is 1220. The van der Waals surface area contributed by atoms with Gasteiger partial charge in [0.25, 0.3) is 11.7 Å². The van der Waals surface area contributed by atoms with Crippen LogP contribution in [0.5, 0.6) is 11.5 Å². The summed E-state index contributed by atoms with van der Waals surface area (Å²) in [5.74, 6) is -0.541. The fourth-order valence-corrected chi connectivity index (χ4v) is 4.19. The summed E-state index contributed by atoms with van der Waals surface area (Å²) in [6.07, 6.45) is 5.84. The molecule has 2 aromatic carbocycles. The van der Waals surface area contributed by atoms with E-state index in [4.69, 9.17) is 9.47 Å². The molecule has 3 aromatic rings. The first-order chi connectivity index (χ1) is 16.4. The van der Waals surface area contributed by atoms with Crippen molar-refractivity contribution in [2.45, 2.75) is 25.9 Å². The number of carbonyl (C=O) groups is 2. The predicted octanol–water partition coefficient (Wildman–Crippen LogP) is 3.72. The van der Waals surface area contributed by atoms with Crippen LogP contribution >= 0.6 is 0 Å². The molecule has 2 heterocycles. The van der Waals surface area contributed by atoms with Gasteiger partial charge in [-0.1, -0.05) is 29.8 Å². The van der Waals surface area contributed by atoms with Crippen molar-refractivity contribution in [2.24, 2.45) is 0 Å². The van der Waals surface area contributed by atoms with E-state index in [2.05, 4.69) is 4.98 Å². The topological polar surface area (TPSA) is 93.9 Å². The molecule has 8 nitrogen and oxygen atoms in total. The van der Waals surface area contributed by atoms with Gasteiger partial charge in [0.15, 0.2) is 0 Å². The molecule has 1 amide bonds. The lowest BCUT2D eigenvalue weighted by Gasteiger charge is -2.27. The molecule has 1 N–H and O–H groups in total. The Morgan fingerprint density at radius 3 is 2.47 bits per heavy atom. The molecular weight excluding hydrogens is 434 g/mol. The van der Waals surface area contributed by atoms with Crippen LogP contribution in [0.1, 0.15) is 29.2 Å². The Kier molecular flexibility index (Phi) is 6.67. The van der Waals surface area contributed by atoms with Crippen molar-refractivity contribution in [3.8, 4) is 11.5 Å². The Morgan fingerprint density at radius 2 is 1.82 bits per heavy atom. The first kappa shape index (κ1) is 23.1. The number of Topliss-reactive ketones (excluding diaryl/α,β-unsaturated/α-hetero) is 1. The molecule has 1 saturated heterocycles. The number of amides is 1. The molecule has 1 atom stereocenters. The van der Waals surface area contributed by atoms with E-state index in [1.807, 2.05) is 29.8 Å². The molecule has 4 rings (SSSR count). The number of likely N-dealkylation sites (tertiary alicyclic amines) is 1. The lowest BCUT2D eigenvalue weighted by atomic mass is 9.94. The van der Waals surface area contributed by atoms with Crippen LogP contribution < -0.4 is 9.47 Å². The Balaban J connectivity index is 1.79. The van der Waals surface area contributed by atoms with Gasteiger partial charge >= 0.3 is 0 Å². The zero-order valence-electron chi connectivity index (χ0n) is 19.4. The number of aliphatic hydroxyl groups excluding tert-OH is 1. The normalized spacial score (nSPS) is 17.3. The molecule has 1 aromatic heterocycles. The predicted molar refractivity (Wildman–Crippen MR) is 127 cm³/mol. The quantitative estimate of drug-likeness (QED) is 0.312. The van der Waals surface area contributed by atoms with Gasteiger partial charge in [-0.15, -0.1) is 0 Å². The molecule has 1 aliphatic heterocycles. The third-order valence-corrected chi connectivity index (χ3v) is 5.97. The minimum absolute atomic E-state index is 0.0416. The molecule has 8 heteroatoms. The Labute approximate surface area is 198 Å². The highest BCUT2D eigenvalue weighted by atomic mass is 16.5. The molecule has 0 saturated carbocycles. The maximum atomic E-state index is 13.2. The first-order valence-corrected chi connectivity index (χ1v) is 11.0. The highest BCUT2D eigenvalue weighted by Crippen LogP contribution is 2.43. The van der Waals surface area contributed by atoms with Crippen LogP contribution in [0.15, 0.2) is 66.8 Å². The summed E-state index contributed by atoms with van der Waals surface area (Å²) in [5.41, 5.74) is 2.13. The third-order valence-electron chi connectivity index (χ3n) is 5.97. The number of ether oxygens (including phenoxy) is 2. The van der Waals surface area contributed by atoms with Crippen molar-refractivity contribution in [1.82, 2.24) is 14.5 Å². The van der Waals surface area contributed by atoms with E-state index in [0.717, 1.165) is 5.56 Å². The summed E-state index contributed by atoms with van der Waals surface area (Å²) < 4.78 is 12.8. The van der Waals surface area contributed by atoms with Gasteiger partial charge in [-0.25, -0.2) is 4.98 Å². The molecule has 0 radical (unpaired) electrons. The summed E-state index contributed by atoms with van der Waals surface area (Å²) >= 11 is 0. The molecule has 1 fully saturated rings. The number of aryl methyl sites for hydroxylation is 2. The monoisotopic (exact) mass is 461 g/mol. The Hall–Kier alpha value is -4.07. The standard InChI is InChI=1S/C26H27N3O5/c1-17-5-7-18(8-6-17)24(30)22-23(20-10-9-19(33-2)15-21(20)34-3)29(26(32)25(22)31)13-4-12-28-14-11-27-16-28/h5-11,14-16,23,30H,4,12-13H2,1-3H3/b24-22+/t23-/m1/s1. The number of hydrogen-bond acceptors (Lipinski definition) is 6. The number of nitrogens with zero attached hydrogens (tertiary/aromatic N) is 3. The van der Waals surface area contributed by atoms with Gasteiger partial charge in [-0.2, -0.15) is 0 Å². The van der Waals surface area contributed by atoms with Crippen LogP contribution in [-0.4, -0.2) is 52.0 Å². The molecule has 0 bridgehead atoms. The van der Waals surface area contributed by atoms with Crippen molar-refractivity contribution in [2.75, 3.05) is 20.8 Å². The molecule has 1 aliphatic rings. The van der Waals surface area contributed by atoms with Crippen molar-refractivity contribution < 1.29 is 24.2 Å². The molecule has 176 valence electrons. The molecule has 0 spiro atoms. The number of carbonyl (C=O) groups excluding carboxylic acids is 2. The zero-order valence-corrected chi connectivity index (χ0v) is 19.4. The number of aliphatic hydroxyl groups is 1. The van der Waals surface area contributed by atoms with Crippen LogP contribution in [0, 0.1) is 6.92 Å². The molecule has 34 heavy (non-hydrogen) atoms. The highest BCUT2D eigenvalue weighted by Gasteiger charge is 2.46. The highest BCUT2D eigenvalue weighted by molar-refractivity contribution is 6.46. The summed E-state index contributed by atoms with van der Waals surface area (Å²) in [6.45, 7) is 2.88. The van der Waals surface area contributed by atoms with Gasteiger partial charge in [0.05, 0.1) is 32.2 Å². The second-order valence-electron chi connectivity index (χ2n) is 8.12. The van der Waals surface area contributed by atoms with Crippen LogP contribution in [0.25, 0.3) is 5.76 Å². The fraction of sp³-hybridized carbons (Fsp3) is 0.269. The van der Waals surface area contributed by atoms with Gasteiger partial charge in [0.1, 0.15) is 17.3 Å². The summed E-state index contributed by atoms with van der Waals surface area (Å²) in [6, 6.07) is 11.6. The van der Waals surface area contributed by atoms with E-state index < -0.39 is 17.7 Å². The van der Waals surface area contributed by atoms with Crippen molar-refractivity contribution in [1.29, 1.82) is 0 Å². The molecule has 0 aliphatic carbocycles. The second kappa shape index (κ2) is 9.82. The van der Waals surface area contributed by atoms with Gasteiger partial charge in [-0.3, -0.25) is 9.59 Å². The Morgan fingerprint density at radius 1 is 1.06 bits per heavy atom. The van der Waals surface area contributed by atoms with Gasteiger partial charge < -0.3 is 24.0 Å². The van der Waals surface area contributed by atoms with Crippen molar-refractivity contribution >= 4 is 17.4 Å². The lowest BCUT2D eigenvalue weighted by Crippen LogP contribution is -2.31. The van der Waals surface area contributed by atoms with Crippen LogP contribution in [-0.2, 0) is 16.1 Å². The minimum atomic E-state index is -0.801. The smallest absolute Gasteiger partial charge is 0.295 e. The SMILES string of the molecule is COc1ccc([C@@H]2/C(=C(\O)c3ccc(C)cc3)C(=O)C(=O)N2CCCn2ccnc2)c(OC)c1. The van der Waals surface area contributed by atoms with Crippen molar-refractivity contribution in [3.05, 3.63) is 83.4 Å². The van der Waals surface area contributed by atoms with Gasteiger partial charge in [0, 0.05) is 42.7 Å². The average molecular weight is 462 g/mol. The van der Waals surface area contributed by atoms with E-state index in [-0.39, 0.29) is 11.3 Å². The zero-order chi connectivity index (χ0) is 24.2. The van der Waals surface area contributed by atoms with E-state index in [1.54, 1.807) is 50.0 Å². The lowest BCUT2D eigenvalue weighted by molar-refractivity contribution is -0.140. The second-order valence-corrected chi connectivity index (χ2v) is 8.12. The molecule has 0 unspecified atom stereocenters. The van der Waals surface area contributed by atoms with E-state index in [0.29, 0.717) is 42.1 Å². The first-order valence-electron chi connectivity index (χ1n) is 11.0. The number of benzene rings is 2. The average Bonchev–Trinajstić information content (AvgIpc) is 3.46. The van der Waals surface area contributed by atoms with Gasteiger partial charge in [0.2, 0.25) is 0 Å². The third kappa shape index (κ3) is 4.39. The summed E-state index contributed by atoms with van der Waals surface area (Å²) in [7, 11) is 3.07. The van der Waals surface area contributed by atoms with Crippen LogP contribution in [0.2, 0.25) is 0 Å². The minimum Gasteiger partial charge on any atom is -0.507 e. The van der Waals surface area contributed by atoms with E-state index in [9.17, 15) is 14.7 Å². The summed E-state index contributed by atoms with van der Waals surface area (Å²) in [5, 5.41) is 11.2. The number of ketones is 1. The largest absolute Gasteiger partial charge is 0.507 e. The summed E-state index contributed by atoms with van der Waals surface area (Å²) in [4.78, 5) is 31.9. The number of hydrogen-bond donors (Lipinski definition) is 1. The number of methoxy groups -OCH3 is 2. The fourth-order valence-electron chi connectivity index (χ4n) is 4.19. The maximum absolute atomic E-state index is 13.2. The maximum Gasteiger partial charge on any atom is 0.295 e. The number of rotatable bonds is 8.